The number of hydrogen-bond donors (Lipinski definition) is 1. The van der Waals surface area contributed by atoms with Crippen molar-refractivity contribution in [3.63, 3.8) is 0 Å². The van der Waals surface area contributed by atoms with Gasteiger partial charge in [0.15, 0.2) is 0 Å². The fourth-order valence-electron chi connectivity index (χ4n) is 2.69. The third kappa shape index (κ3) is 3.91. The Morgan fingerprint density at radius 1 is 1.25 bits per heavy atom. The van der Waals surface area contributed by atoms with Crippen LogP contribution in [-0.2, 0) is 11.3 Å². The molecule has 2 aromatic rings. The summed E-state index contributed by atoms with van der Waals surface area (Å²) in [6.45, 7) is 1.47. The zero-order valence-electron chi connectivity index (χ0n) is 13.1. The smallest absolute Gasteiger partial charge is 0.410 e. The summed E-state index contributed by atoms with van der Waals surface area (Å²) >= 11 is 1.22. The fourth-order valence-corrected chi connectivity index (χ4v) is 3.62. The molecule has 6 nitrogen and oxygen atoms in total. The van der Waals surface area contributed by atoms with Gasteiger partial charge in [-0.15, -0.1) is 11.3 Å². The number of likely N-dealkylation sites (tertiary alicyclic amines) is 1. The van der Waals surface area contributed by atoms with E-state index in [0.717, 1.165) is 23.4 Å². The predicted octanol–water partition coefficient (Wildman–Crippen LogP) is 3.36. The summed E-state index contributed by atoms with van der Waals surface area (Å²) in [4.78, 5) is 29.2. The second-order valence-corrected chi connectivity index (χ2v) is 6.73. The summed E-state index contributed by atoms with van der Waals surface area (Å²) in [5.41, 5.74) is 0.963. The van der Waals surface area contributed by atoms with Crippen molar-refractivity contribution >= 4 is 23.4 Å². The third-order valence-corrected chi connectivity index (χ3v) is 5.19. The first-order valence-electron chi connectivity index (χ1n) is 7.78. The topological polar surface area (TPSA) is 79.7 Å². The summed E-state index contributed by atoms with van der Waals surface area (Å²) in [5, 5.41) is 9.80. The van der Waals surface area contributed by atoms with Crippen LogP contribution in [0.4, 0.5) is 4.79 Å². The number of carboxylic acids is 1. The number of nitrogens with zero attached hydrogens (tertiary/aromatic N) is 2. The first kappa shape index (κ1) is 16.4. The standard InChI is InChI=1S/C17H18N2O4S/c20-16(21)14-10-18-15(24-14)13-6-8-19(9-7-13)17(22)23-11-12-4-2-1-3-5-12/h1-5,10,13H,6-9,11H2,(H,20,21). The van der Waals surface area contributed by atoms with Gasteiger partial charge in [0, 0.05) is 19.0 Å². The molecule has 24 heavy (non-hydrogen) atoms. The van der Waals surface area contributed by atoms with E-state index in [9.17, 15) is 9.59 Å². The van der Waals surface area contributed by atoms with Crippen molar-refractivity contribution in [3.8, 4) is 0 Å². The molecule has 0 spiro atoms. The fraction of sp³-hybridized carbons (Fsp3) is 0.353. The van der Waals surface area contributed by atoms with Crippen LogP contribution in [0.1, 0.15) is 39.0 Å². The highest BCUT2D eigenvalue weighted by atomic mass is 32.1. The van der Waals surface area contributed by atoms with Gasteiger partial charge in [0.05, 0.1) is 11.2 Å². The molecule has 3 rings (SSSR count). The molecule has 1 aliphatic rings. The van der Waals surface area contributed by atoms with Crippen molar-refractivity contribution in [2.75, 3.05) is 13.1 Å². The van der Waals surface area contributed by atoms with Crippen molar-refractivity contribution in [3.05, 3.63) is 52.0 Å². The van der Waals surface area contributed by atoms with Crippen LogP contribution >= 0.6 is 11.3 Å². The van der Waals surface area contributed by atoms with E-state index < -0.39 is 5.97 Å². The Bertz CT molecular complexity index is 708. The molecule has 0 aliphatic carbocycles. The Hall–Kier alpha value is -2.41. The van der Waals surface area contributed by atoms with E-state index in [-0.39, 0.29) is 23.5 Å². The van der Waals surface area contributed by atoms with Crippen LogP contribution in [0.25, 0.3) is 0 Å². The van der Waals surface area contributed by atoms with Gasteiger partial charge in [-0.3, -0.25) is 0 Å². The highest BCUT2D eigenvalue weighted by molar-refractivity contribution is 7.13. The Balaban J connectivity index is 1.49. The minimum Gasteiger partial charge on any atom is -0.477 e. The molecular formula is C17H18N2O4S. The van der Waals surface area contributed by atoms with Gasteiger partial charge >= 0.3 is 12.1 Å². The van der Waals surface area contributed by atoms with Crippen LogP contribution < -0.4 is 0 Å². The average Bonchev–Trinajstić information content (AvgIpc) is 3.11. The molecule has 2 heterocycles. The zero-order chi connectivity index (χ0) is 16.9. The number of piperidine rings is 1. The Morgan fingerprint density at radius 2 is 1.96 bits per heavy atom. The lowest BCUT2D eigenvalue weighted by Gasteiger charge is -2.30. The third-order valence-electron chi connectivity index (χ3n) is 4.04. The number of benzene rings is 1. The molecule has 7 heteroatoms. The van der Waals surface area contributed by atoms with E-state index >= 15 is 0 Å². The zero-order valence-corrected chi connectivity index (χ0v) is 13.9. The molecule has 0 radical (unpaired) electrons. The molecule has 0 bridgehead atoms. The Morgan fingerprint density at radius 3 is 2.58 bits per heavy atom. The number of thiazole rings is 1. The van der Waals surface area contributed by atoms with Crippen LogP contribution in [0.5, 0.6) is 0 Å². The normalized spacial score (nSPS) is 15.2. The summed E-state index contributed by atoms with van der Waals surface area (Å²) < 4.78 is 5.34. The highest BCUT2D eigenvalue weighted by Crippen LogP contribution is 2.31. The minimum absolute atomic E-state index is 0.210. The van der Waals surface area contributed by atoms with E-state index in [0.29, 0.717) is 13.1 Å². The van der Waals surface area contributed by atoms with Gasteiger partial charge in [-0.1, -0.05) is 30.3 Å². The van der Waals surface area contributed by atoms with Gasteiger partial charge in [-0.25, -0.2) is 14.6 Å². The van der Waals surface area contributed by atoms with Crippen molar-refractivity contribution in [1.82, 2.24) is 9.88 Å². The maximum atomic E-state index is 12.1. The molecule has 0 unspecified atom stereocenters. The highest BCUT2D eigenvalue weighted by Gasteiger charge is 2.27. The van der Waals surface area contributed by atoms with Crippen molar-refractivity contribution in [1.29, 1.82) is 0 Å². The van der Waals surface area contributed by atoms with Gasteiger partial charge in [0.1, 0.15) is 11.5 Å². The van der Waals surface area contributed by atoms with Crippen LogP contribution in [0.2, 0.25) is 0 Å². The van der Waals surface area contributed by atoms with Gasteiger partial charge < -0.3 is 14.7 Å². The molecule has 1 fully saturated rings. The summed E-state index contributed by atoms with van der Waals surface area (Å²) in [6.07, 6.45) is 2.64. The van der Waals surface area contributed by atoms with Gasteiger partial charge in [0.2, 0.25) is 0 Å². The van der Waals surface area contributed by atoms with Gasteiger partial charge in [0.25, 0.3) is 0 Å². The molecule has 1 N–H and O–H groups in total. The van der Waals surface area contributed by atoms with E-state index in [1.54, 1.807) is 4.90 Å². The number of carboxylic acid groups (broad SMARTS) is 1. The Kier molecular flexibility index (Phi) is 5.10. The number of aromatic carboxylic acids is 1. The van der Waals surface area contributed by atoms with E-state index in [1.165, 1.54) is 17.5 Å². The molecule has 126 valence electrons. The summed E-state index contributed by atoms with van der Waals surface area (Å²) in [5.74, 6) is -0.734. The van der Waals surface area contributed by atoms with E-state index in [2.05, 4.69) is 4.98 Å². The first-order chi connectivity index (χ1) is 11.6. The molecule has 1 aromatic carbocycles. The van der Waals surface area contributed by atoms with Crippen molar-refractivity contribution < 1.29 is 19.4 Å². The number of carbonyl (C=O) groups is 2. The minimum atomic E-state index is -0.944. The predicted molar refractivity (Wildman–Crippen MR) is 89.2 cm³/mol. The second-order valence-electron chi connectivity index (χ2n) is 5.67. The molecule has 1 aromatic heterocycles. The second kappa shape index (κ2) is 7.44. The van der Waals surface area contributed by atoms with Gasteiger partial charge in [-0.05, 0) is 18.4 Å². The lowest BCUT2D eigenvalue weighted by molar-refractivity contribution is 0.0701. The number of carbonyl (C=O) groups excluding carboxylic acids is 1. The summed E-state index contributed by atoms with van der Waals surface area (Å²) in [6, 6.07) is 9.58. The number of aromatic nitrogens is 1. The monoisotopic (exact) mass is 346 g/mol. The maximum Gasteiger partial charge on any atom is 0.410 e. The number of amides is 1. The molecule has 1 saturated heterocycles. The number of hydrogen-bond acceptors (Lipinski definition) is 5. The quantitative estimate of drug-likeness (QED) is 0.918. The molecule has 0 atom stereocenters. The number of rotatable bonds is 4. The van der Waals surface area contributed by atoms with E-state index in [1.807, 2.05) is 30.3 Å². The Labute approximate surface area is 143 Å². The molecule has 0 saturated carbocycles. The van der Waals surface area contributed by atoms with Gasteiger partial charge in [-0.2, -0.15) is 0 Å². The van der Waals surface area contributed by atoms with Crippen molar-refractivity contribution in [2.45, 2.75) is 25.4 Å². The van der Waals surface area contributed by atoms with Crippen LogP contribution in [0, 0.1) is 0 Å². The van der Waals surface area contributed by atoms with Crippen LogP contribution in [0.3, 0.4) is 0 Å². The maximum absolute atomic E-state index is 12.1. The summed E-state index contributed by atoms with van der Waals surface area (Å²) in [7, 11) is 0. The molecular weight excluding hydrogens is 328 g/mol. The van der Waals surface area contributed by atoms with E-state index in [4.69, 9.17) is 9.84 Å². The lowest BCUT2D eigenvalue weighted by Crippen LogP contribution is -2.38. The van der Waals surface area contributed by atoms with Crippen LogP contribution in [0.15, 0.2) is 36.5 Å². The molecule has 1 aliphatic heterocycles. The lowest BCUT2D eigenvalue weighted by atomic mass is 9.98. The molecule has 1 amide bonds. The van der Waals surface area contributed by atoms with Crippen molar-refractivity contribution in [2.24, 2.45) is 0 Å². The largest absolute Gasteiger partial charge is 0.477 e. The SMILES string of the molecule is O=C(O)c1cnc(C2CCN(C(=O)OCc3ccccc3)CC2)s1. The number of ether oxygens (including phenoxy) is 1. The first-order valence-corrected chi connectivity index (χ1v) is 8.60. The average molecular weight is 346 g/mol. The van der Waals surface area contributed by atoms with Crippen LogP contribution in [-0.4, -0.2) is 40.1 Å².